The number of rotatable bonds is 7. The van der Waals surface area contributed by atoms with Gasteiger partial charge in [0.15, 0.2) is 12.7 Å². The first-order valence-corrected chi connectivity index (χ1v) is 11.3. The molecule has 3 heterocycles. The fourth-order valence-electron chi connectivity index (χ4n) is 4.05. The number of nitrogens with zero attached hydrogens (tertiary/aromatic N) is 2. The number of carbonyl (C=O) groups excluding carboxylic acids is 3. The van der Waals surface area contributed by atoms with E-state index in [9.17, 15) is 14.4 Å². The highest BCUT2D eigenvalue weighted by atomic mass is 16.5. The molecule has 10 heteroatoms. The molecule has 2 aliphatic heterocycles. The smallest absolute Gasteiger partial charge is 0.310 e. The Morgan fingerprint density at radius 2 is 1.92 bits per heavy atom. The van der Waals surface area contributed by atoms with Crippen molar-refractivity contribution in [1.82, 2.24) is 5.01 Å². The fraction of sp³-hybridized carbons (Fsp3) is 0.231. The normalized spacial score (nSPS) is 18.5. The van der Waals surface area contributed by atoms with Gasteiger partial charge < -0.3 is 23.9 Å². The van der Waals surface area contributed by atoms with Crippen LogP contribution in [0.4, 0.5) is 5.69 Å². The molecule has 1 aromatic heterocycles. The fourth-order valence-corrected chi connectivity index (χ4v) is 4.05. The van der Waals surface area contributed by atoms with Crippen molar-refractivity contribution >= 4 is 29.2 Å². The van der Waals surface area contributed by atoms with Crippen LogP contribution in [0.1, 0.15) is 30.2 Å². The summed E-state index contributed by atoms with van der Waals surface area (Å²) in [6.45, 7) is -0.541. The number of methoxy groups -OCH3 is 1. The first-order valence-electron chi connectivity index (χ1n) is 11.3. The van der Waals surface area contributed by atoms with Gasteiger partial charge in [-0.2, -0.15) is 5.10 Å². The van der Waals surface area contributed by atoms with Crippen LogP contribution < -0.4 is 14.8 Å². The number of para-hydroxylation sites is 2. The van der Waals surface area contributed by atoms with Crippen molar-refractivity contribution < 1.29 is 33.0 Å². The molecule has 10 nitrogen and oxygen atoms in total. The molecule has 0 bridgehead atoms. The maximum atomic E-state index is 13.0. The van der Waals surface area contributed by atoms with Gasteiger partial charge >= 0.3 is 5.97 Å². The Bertz CT molecular complexity index is 1300. The van der Waals surface area contributed by atoms with E-state index >= 15 is 0 Å². The summed E-state index contributed by atoms with van der Waals surface area (Å²) in [5.74, 6) is 0.0169. The third kappa shape index (κ3) is 4.78. The summed E-state index contributed by atoms with van der Waals surface area (Å²) in [6, 6.07) is 17.3. The lowest BCUT2D eigenvalue weighted by Crippen LogP contribution is -2.39. The number of esters is 1. The number of hydrogen-bond donors (Lipinski definition) is 1. The molecular weight excluding hydrogens is 466 g/mol. The molecule has 0 saturated heterocycles. The van der Waals surface area contributed by atoms with Gasteiger partial charge in [0.05, 0.1) is 31.2 Å². The van der Waals surface area contributed by atoms with Crippen molar-refractivity contribution in [3.63, 3.8) is 0 Å². The van der Waals surface area contributed by atoms with Gasteiger partial charge in [-0.1, -0.05) is 12.1 Å². The summed E-state index contributed by atoms with van der Waals surface area (Å²) in [5.41, 5.74) is 2.05. The maximum absolute atomic E-state index is 13.0. The number of fused-ring (bicyclic) bond motifs is 1. The number of benzene rings is 2. The lowest BCUT2D eigenvalue weighted by atomic mass is 10.0. The second kappa shape index (κ2) is 9.95. The van der Waals surface area contributed by atoms with Crippen LogP contribution in [0.25, 0.3) is 0 Å². The van der Waals surface area contributed by atoms with Gasteiger partial charge in [0.25, 0.3) is 11.8 Å². The molecule has 0 radical (unpaired) electrons. The van der Waals surface area contributed by atoms with Crippen molar-refractivity contribution in [2.75, 3.05) is 19.0 Å². The second-order valence-corrected chi connectivity index (χ2v) is 8.21. The molecule has 0 fully saturated rings. The van der Waals surface area contributed by atoms with Crippen LogP contribution in [0.5, 0.6) is 11.5 Å². The summed E-state index contributed by atoms with van der Waals surface area (Å²) in [6.07, 6.45) is 0.561. The predicted molar refractivity (Wildman–Crippen MR) is 128 cm³/mol. The number of ether oxygens (including phenoxy) is 3. The van der Waals surface area contributed by atoms with Crippen LogP contribution in [0.2, 0.25) is 0 Å². The van der Waals surface area contributed by atoms with Crippen LogP contribution in [0.15, 0.2) is 76.4 Å². The summed E-state index contributed by atoms with van der Waals surface area (Å²) in [5, 5.41) is 8.46. The molecule has 0 spiro atoms. The molecule has 2 aliphatic rings. The van der Waals surface area contributed by atoms with Crippen molar-refractivity contribution in [3.05, 3.63) is 78.3 Å². The summed E-state index contributed by atoms with van der Waals surface area (Å²) < 4.78 is 21.5. The SMILES string of the molecule is COc1ccc(C2=NN(C(=O)COC(=O)CC3Oc4ccccc4NC3=O)C(c3ccco3)C2)cc1. The molecule has 2 amide bonds. The monoisotopic (exact) mass is 489 g/mol. The summed E-state index contributed by atoms with van der Waals surface area (Å²) in [7, 11) is 1.59. The molecule has 1 N–H and O–H groups in total. The molecule has 3 aromatic rings. The highest BCUT2D eigenvalue weighted by molar-refractivity contribution is 6.03. The van der Waals surface area contributed by atoms with E-state index < -0.39 is 36.5 Å². The van der Waals surface area contributed by atoms with E-state index in [1.54, 1.807) is 43.5 Å². The third-order valence-electron chi connectivity index (χ3n) is 5.88. The van der Waals surface area contributed by atoms with E-state index in [1.165, 1.54) is 11.3 Å². The van der Waals surface area contributed by atoms with Crippen molar-refractivity contribution in [3.8, 4) is 11.5 Å². The Balaban J connectivity index is 1.24. The van der Waals surface area contributed by atoms with E-state index in [1.807, 2.05) is 24.3 Å². The maximum Gasteiger partial charge on any atom is 0.310 e. The quantitative estimate of drug-likeness (QED) is 0.506. The van der Waals surface area contributed by atoms with Crippen LogP contribution >= 0.6 is 0 Å². The molecule has 0 saturated carbocycles. The van der Waals surface area contributed by atoms with Gasteiger partial charge in [0.1, 0.15) is 23.3 Å². The van der Waals surface area contributed by atoms with Crippen LogP contribution in [0, 0.1) is 0 Å². The van der Waals surface area contributed by atoms with Crippen LogP contribution in [-0.4, -0.2) is 48.3 Å². The van der Waals surface area contributed by atoms with Crippen LogP contribution in [-0.2, 0) is 19.1 Å². The van der Waals surface area contributed by atoms with E-state index in [0.717, 1.165) is 5.56 Å². The Hall–Kier alpha value is -4.60. The van der Waals surface area contributed by atoms with E-state index in [2.05, 4.69) is 10.4 Å². The summed E-state index contributed by atoms with van der Waals surface area (Å²) in [4.78, 5) is 37.7. The van der Waals surface area contributed by atoms with Crippen molar-refractivity contribution in [1.29, 1.82) is 0 Å². The minimum atomic E-state index is -1.05. The number of furan rings is 1. The van der Waals surface area contributed by atoms with Crippen molar-refractivity contribution in [2.45, 2.75) is 25.0 Å². The van der Waals surface area contributed by atoms with Gasteiger partial charge in [-0.3, -0.25) is 14.4 Å². The molecule has 2 aromatic carbocycles. The Kier molecular flexibility index (Phi) is 6.40. The third-order valence-corrected chi connectivity index (χ3v) is 5.88. The van der Waals surface area contributed by atoms with Gasteiger partial charge in [0, 0.05) is 6.42 Å². The lowest BCUT2D eigenvalue weighted by molar-refractivity contribution is -0.155. The topological polar surface area (TPSA) is 120 Å². The average Bonchev–Trinajstić information content (AvgIpc) is 3.58. The second-order valence-electron chi connectivity index (χ2n) is 8.21. The number of hydrazone groups is 1. The molecule has 36 heavy (non-hydrogen) atoms. The largest absolute Gasteiger partial charge is 0.497 e. The van der Waals surface area contributed by atoms with Crippen LogP contribution in [0.3, 0.4) is 0 Å². The Morgan fingerprint density at radius 1 is 1.11 bits per heavy atom. The predicted octanol–water partition coefficient (Wildman–Crippen LogP) is 3.30. The van der Waals surface area contributed by atoms with E-state index in [4.69, 9.17) is 18.6 Å². The van der Waals surface area contributed by atoms with Gasteiger partial charge in [-0.05, 0) is 54.1 Å². The molecule has 2 unspecified atom stereocenters. The zero-order valence-electron chi connectivity index (χ0n) is 19.4. The molecule has 184 valence electrons. The zero-order valence-corrected chi connectivity index (χ0v) is 19.4. The number of amides is 2. The number of carbonyl (C=O) groups is 3. The Morgan fingerprint density at radius 3 is 2.67 bits per heavy atom. The first-order chi connectivity index (χ1) is 17.5. The average molecular weight is 489 g/mol. The molecule has 5 rings (SSSR count). The van der Waals surface area contributed by atoms with Gasteiger partial charge in [-0.15, -0.1) is 0 Å². The Labute approximate surface area is 206 Å². The van der Waals surface area contributed by atoms with Gasteiger partial charge in [0.2, 0.25) is 0 Å². The van der Waals surface area contributed by atoms with Crippen molar-refractivity contribution in [2.24, 2.45) is 5.10 Å². The van der Waals surface area contributed by atoms with Gasteiger partial charge in [-0.25, -0.2) is 5.01 Å². The molecule has 2 atom stereocenters. The highest BCUT2D eigenvalue weighted by Crippen LogP contribution is 2.34. The van der Waals surface area contributed by atoms with E-state index in [-0.39, 0.29) is 6.42 Å². The van der Waals surface area contributed by atoms with E-state index in [0.29, 0.717) is 35.1 Å². The zero-order chi connectivity index (χ0) is 25.1. The number of hydrogen-bond acceptors (Lipinski definition) is 8. The molecular formula is C26H23N3O7. The summed E-state index contributed by atoms with van der Waals surface area (Å²) >= 11 is 0. The number of nitrogens with one attached hydrogen (secondary N) is 1. The highest BCUT2D eigenvalue weighted by Gasteiger charge is 2.36. The lowest BCUT2D eigenvalue weighted by Gasteiger charge is -2.25. The minimum Gasteiger partial charge on any atom is -0.497 e. The minimum absolute atomic E-state index is 0.338. The number of anilines is 1. The first kappa shape index (κ1) is 23.2. The molecule has 0 aliphatic carbocycles. The standard InChI is InChI=1S/C26H23N3O7/c1-33-17-10-8-16(9-11-17)19-13-20(22-7-4-12-34-22)29(28-19)24(30)15-35-25(31)14-23-26(32)27-18-5-2-3-6-21(18)36-23/h2-12,20,23H,13-15H2,1H3,(H,27,32).